The second kappa shape index (κ2) is 6.92. The van der Waals surface area contributed by atoms with E-state index >= 15 is 0 Å². The molecule has 2 rings (SSSR count). The molecule has 2 N–H and O–H groups in total. The van der Waals surface area contributed by atoms with Crippen LogP contribution in [0.1, 0.15) is 32.1 Å². The summed E-state index contributed by atoms with van der Waals surface area (Å²) >= 11 is 2.01. The molecular weight excluding hydrogens is 230 g/mol. The topological polar surface area (TPSA) is 35.2 Å². The van der Waals surface area contributed by atoms with Crippen molar-refractivity contribution in [2.75, 3.05) is 13.2 Å². The monoisotopic (exact) mass is 251 g/mol. The smallest absolute Gasteiger partial charge is 0.119 e. The number of hydrogen-bond donors (Lipinski definition) is 1. The fourth-order valence-corrected chi connectivity index (χ4v) is 3.33. The maximum absolute atomic E-state index is 5.58. The minimum atomic E-state index is 0.690. The average Bonchev–Trinajstić information content (AvgIpc) is 2.85. The molecule has 0 radical (unpaired) electrons. The van der Waals surface area contributed by atoms with Crippen LogP contribution in [0, 0.1) is 0 Å². The molecule has 0 spiro atoms. The third-order valence-electron chi connectivity index (χ3n) is 3.05. The second-order valence-corrected chi connectivity index (χ2v) is 5.86. The summed E-state index contributed by atoms with van der Waals surface area (Å²) in [5.41, 5.74) is 5.42. The average molecular weight is 251 g/mol. The zero-order valence-corrected chi connectivity index (χ0v) is 11.0. The first-order valence-corrected chi connectivity index (χ1v) is 7.36. The summed E-state index contributed by atoms with van der Waals surface area (Å²) < 4.78 is 5.58. The number of thioether (sulfide) groups is 1. The molecule has 0 atom stereocenters. The van der Waals surface area contributed by atoms with E-state index in [1.807, 2.05) is 11.8 Å². The third kappa shape index (κ3) is 4.25. The van der Waals surface area contributed by atoms with Crippen LogP contribution in [-0.2, 0) is 0 Å². The number of nitrogens with two attached hydrogens (primary N) is 1. The van der Waals surface area contributed by atoms with Gasteiger partial charge in [0.05, 0.1) is 6.61 Å². The van der Waals surface area contributed by atoms with Crippen molar-refractivity contribution in [2.45, 2.75) is 42.2 Å². The van der Waals surface area contributed by atoms with E-state index in [0.717, 1.165) is 17.4 Å². The fourth-order valence-electron chi connectivity index (χ4n) is 2.09. The lowest BCUT2D eigenvalue weighted by Crippen LogP contribution is -2.05. The lowest BCUT2D eigenvalue weighted by Gasteiger charge is -2.09. The Balaban J connectivity index is 1.80. The molecule has 3 heteroatoms. The van der Waals surface area contributed by atoms with Crippen molar-refractivity contribution in [2.24, 2.45) is 5.73 Å². The van der Waals surface area contributed by atoms with E-state index in [2.05, 4.69) is 24.3 Å². The van der Waals surface area contributed by atoms with Crippen LogP contribution in [0.3, 0.4) is 0 Å². The molecule has 0 saturated heterocycles. The molecule has 0 aromatic heterocycles. The van der Waals surface area contributed by atoms with Crippen LogP contribution in [0.5, 0.6) is 5.75 Å². The van der Waals surface area contributed by atoms with Crippen molar-refractivity contribution >= 4 is 11.8 Å². The van der Waals surface area contributed by atoms with E-state index in [0.29, 0.717) is 13.2 Å². The van der Waals surface area contributed by atoms with Gasteiger partial charge < -0.3 is 10.5 Å². The minimum Gasteiger partial charge on any atom is -0.494 e. The maximum Gasteiger partial charge on any atom is 0.119 e. The molecule has 1 aromatic rings. The second-order valence-electron chi connectivity index (χ2n) is 4.49. The molecule has 94 valence electrons. The third-order valence-corrected chi connectivity index (χ3v) is 4.39. The van der Waals surface area contributed by atoms with E-state index in [4.69, 9.17) is 10.5 Å². The Morgan fingerprint density at radius 2 is 1.88 bits per heavy atom. The highest BCUT2D eigenvalue weighted by atomic mass is 32.2. The van der Waals surface area contributed by atoms with Gasteiger partial charge in [0.25, 0.3) is 0 Å². The molecule has 2 nitrogen and oxygen atoms in total. The molecule has 0 heterocycles. The maximum atomic E-state index is 5.58. The highest BCUT2D eigenvalue weighted by Crippen LogP contribution is 2.35. The summed E-state index contributed by atoms with van der Waals surface area (Å²) in [7, 11) is 0. The zero-order chi connectivity index (χ0) is 11.9. The summed E-state index contributed by atoms with van der Waals surface area (Å²) in [6.07, 6.45) is 6.47. The van der Waals surface area contributed by atoms with Crippen molar-refractivity contribution in [1.29, 1.82) is 0 Å². The van der Waals surface area contributed by atoms with Crippen molar-refractivity contribution in [3.63, 3.8) is 0 Å². The zero-order valence-electron chi connectivity index (χ0n) is 10.2. The minimum absolute atomic E-state index is 0.690. The molecule has 17 heavy (non-hydrogen) atoms. The summed E-state index contributed by atoms with van der Waals surface area (Å²) in [6, 6.07) is 8.46. The van der Waals surface area contributed by atoms with Crippen molar-refractivity contribution < 1.29 is 4.74 Å². The van der Waals surface area contributed by atoms with Gasteiger partial charge in [0.1, 0.15) is 5.75 Å². The van der Waals surface area contributed by atoms with Gasteiger partial charge in [-0.25, -0.2) is 0 Å². The van der Waals surface area contributed by atoms with Gasteiger partial charge in [-0.1, -0.05) is 12.8 Å². The summed E-state index contributed by atoms with van der Waals surface area (Å²) in [4.78, 5) is 1.36. The van der Waals surface area contributed by atoms with Crippen LogP contribution >= 0.6 is 11.8 Å². The standard InChI is InChI=1S/C14H21NOS/c15-10-3-11-16-12-6-8-14(9-7-12)17-13-4-1-2-5-13/h6-9,13H,1-5,10-11,15H2. The van der Waals surface area contributed by atoms with Crippen molar-refractivity contribution in [1.82, 2.24) is 0 Å². The Hall–Kier alpha value is -0.670. The molecule has 1 aromatic carbocycles. The van der Waals surface area contributed by atoms with Crippen molar-refractivity contribution in [3.05, 3.63) is 24.3 Å². The lowest BCUT2D eigenvalue weighted by molar-refractivity contribution is 0.313. The quantitative estimate of drug-likeness (QED) is 0.787. The Bertz CT molecular complexity index is 319. The van der Waals surface area contributed by atoms with E-state index in [1.165, 1.54) is 30.6 Å². The van der Waals surface area contributed by atoms with Crippen LogP contribution in [0.2, 0.25) is 0 Å². The molecule has 1 fully saturated rings. The molecule has 1 aliphatic carbocycles. The van der Waals surface area contributed by atoms with Gasteiger partial charge in [-0.2, -0.15) is 0 Å². The summed E-state index contributed by atoms with van der Waals surface area (Å²) in [5.74, 6) is 0.953. The van der Waals surface area contributed by atoms with Crippen LogP contribution in [0.4, 0.5) is 0 Å². The molecule has 1 aliphatic rings. The van der Waals surface area contributed by atoms with Crippen LogP contribution in [0.25, 0.3) is 0 Å². The van der Waals surface area contributed by atoms with Gasteiger partial charge >= 0.3 is 0 Å². The number of hydrogen-bond acceptors (Lipinski definition) is 3. The van der Waals surface area contributed by atoms with Crippen LogP contribution < -0.4 is 10.5 Å². The molecular formula is C14H21NOS. The molecule has 0 aliphatic heterocycles. The largest absolute Gasteiger partial charge is 0.494 e. The highest BCUT2D eigenvalue weighted by molar-refractivity contribution is 8.00. The fraction of sp³-hybridized carbons (Fsp3) is 0.571. The first-order chi connectivity index (χ1) is 8.38. The van der Waals surface area contributed by atoms with Gasteiger partial charge in [0.15, 0.2) is 0 Å². The molecule has 0 bridgehead atoms. The summed E-state index contributed by atoms with van der Waals surface area (Å²) in [5, 5.41) is 0.832. The van der Waals surface area contributed by atoms with Crippen LogP contribution in [-0.4, -0.2) is 18.4 Å². The van der Waals surface area contributed by atoms with Gasteiger partial charge in [0.2, 0.25) is 0 Å². The Labute approximate surface area is 108 Å². The van der Waals surface area contributed by atoms with E-state index in [9.17, 15) is 0 Å². The normalized spacial score (nSPS) is 16.3. The Kier molecular flexibility index (Phi) is 5.20. The van der Waals surface area contributed by atoms with E-state index < -0.39 is 0 Å². The van der Waals surface area contributed by atoms with Gasteiger partial charge in [-0.3, -0.25) is 0 Å². The predicted octanol–water partition coefficient (Wildman–Crippen LogP) is 3.45. The van der Waals surface area contributed by atoms with Crippen LogP contribution in [0.15, 0.2) is 29.2 Å². The van der Waals surface area contributed by atoms with Gasteiger partial charge in [0, 0.05) is 10.1 Å². The number of benzene rings is 1. The van der Waals surface area contributed by atoms with E-state index in [1.54, 1.807) is 0 Å². The Morgan fingerprint density at radius 1 is 1.18 bits per heavy atom. The van der Waals surface area contributed by atoms with Gasteiger partial charge in [-0.05, 0) is 50.1 Å². The first-order valence-electron chi connectivity index (χ1n) is 6.48. The number of rotatable bonds is 6. The summed E-state index contributed by atoms with van der Waals surface area (Å²) in [6.45, 7) is 1.40. The molecule has 0 unspecified atom stereocenters. The predicted molar refractivity (Wildman–Crippen MR) is 73.7 cm³/mol. The lowest BCUT2D eigenvalue weighted by atomic mass is 10.3. The molecule has 0 amide bonds. The van der Waals surface area contributed by atoms with Gasteiger partial charge in [-0.15, -0.1) is 11.8 Å². The van der Waals surface area contributed by atoms with E-state index in [-0.39, 0.29) is 0 Å². The molecule has 1 saturated carbocycles. The number of ether oxygens (including phenoxy) is 1. The van der Waals surface area contributed by atoms with Crippen molar-refractivity contribution in [3.8, 4) is 5.75 Å². The highest BCUT2D eigenvalue weighted by Gasteiger charge is 2.15. The first kappa shape index (κ1) is 12.8. The Morgan fingerprint density at radius 3 is 2.53 bits per heavy atom. The SMILES string of the molecule is NCCCOc1ccc(SC2CCCC2)cc1.